The first-order chi connectivity index (χ1) is 14.9. The van der Waals surface area contributed by atoms with Crippen molar-refractivity contribution in [3.63, 3.8) is 0 Å². The molecule has 1 aliphatic heterocycles. The van der Waals surface area contributed by atoms with E-state index >= 15 is 0 Å². The van der Waals surface area contributed by atoms with Gasteiger partial charge in [-0.15, -0.1) is 11.3 Å². The number of fused-ring (bicyclic) bond motifs is 1. The Kier molecular flexibility index (Phi) is 5.90. The molecule has 0 saturated heterocycles. The summed E-state index contributed by atoms with van der Waals surface area (Å²) in [5.74, 6) is 0.678. The van der Waals surface area contributed by atoms with Gasteiger partial charge in [0, 0.05) is 25.0 Å². The number of para-hydroxylation sites is 2. The summed E-state index contributed by atoms with van der Waals surface area (Å²) in [6.45, 7) is 2.42. The number of aryl methyl sites for hydroxylation is 1. The molecular formula is C23H23N3O4S. The Balaban J connectivity index is 1.57. The van der Waals surface area contributed by atoms with Gasteiger partial charge in [0.2, 0.25) is 0 Å². The highest BCUT2D eigenvalue weighted by atomic mass is 32.1. The van der Waals surface area contributed by atoms with Crippen LogP contribution in [0.25, 0.3) is 0 Å². The number of nitrogens with zero attached hydrogens (tertiary/aromatic N) is 3. The van der Waals surface area contributed by atoms with E-state index in [0.29, 0.717) is 29.4 Å². The van der Waals surface area contributed by atoms with Gasteiger partial charge in [0.25, 0.3) is 11.8 Å². The van der Waals surface area contributed by atoms with Gasteiger partial charge < -0.3 is 19.3 Å². The van der Waals surface area contributed by atoms with Gasteiger partial charge in [0.05, 0.1) is 22.9 Å². The lowest BCUT2D eigenvalue weighted by atomic mass is 10.1. The summed E-state index contributed by atoms with van der Waals surface area (Å²) in [4.78, 5) is 33.4. The average molecular weight is 438 g/mol. The van der Waals surface area contributed by atoms with Crippen molar-refractivity contribution >= 4 is 28.8 Å². The van der Waals surface area contributed by atoms with Gasteiger partial charge >= 0.3 is 0 Å². The minimum absolute atomic E-state index is 0.135. The maximum atomic E-state index is 13.4. The van der Waals surface area contributed by atoms with Crippen LogP contribution in [0.1, 0.15) is 21.1 Å². The Labute approximate surface area is 184 Å². The topological polar surface area (TPSA) is 72.0 Å². The van der Waals surface area contributed by atoms with E-state index < -0.39 is 6.10 Å². The van der Waals surface area contributed by atoms with Crippen LogP contribution in [-0.2, 0) is 11.4 Å². The summed E-state index contributed by atoms with van der Waals surface area (Å²) in [5, 5.41) is 2.94. The fraction of sp³-hybridized carbons (Fsp3) is 0.261. The molecule has 0 N–H and O–H groups in total. The van der Waals surface area contributed by atoms with Gasteiger partial charge in [-0.3, -0.25) is 9.59 Å². The fourth-order valence-electron chi connectivity index (χ4n) is 3.35. The highest BCUT2D eigenvalue weighted by Crippen LogP contribution is 2.34. The molecule has 2 amide bonds. The van der Waals surface area contributed by atoms with Crippen molar-refractivity contribution in [2.75, 3.05) is 25.5 Å². The van der Waals surface area contributed by atoms with Crippen LogP contribution in [-0.4, -0.2) is 48.4 Å². The summed E-state index contributed by atoms with van der Waals surface area (Å²) >= 11 is 1.57. The number of aromatic nitrogens is 1. The van der Waals surface area contributed by atoms with Crippen LogP contribution in [0.3, 0.4) is 0 Å². The van der Waals surface area contributed by atoms with Gasteiger partial charge in [-0.2, -0.15) is 0 Å². The predicted molar refractivity (Wildman–Crippen MR) is 119 cm³/mol. The number of carbonyl (C=O) groups is 2. The molecule has 0 fully saturated rings. The van der Waals surface area contributed by atoms with Crippen molar-refractivity contribution in [3.8, 4) is 11.5 Å². The second-order valence-corrected chi connectivity index (χ2v) is 8.46. The maximum Gasteiger partial charge on any atom is 0.265 e. The Morgan fingerprint density at radius 3 is 2.77 bits per heavy atom. The van der Waals surface area contributed by atoms with Gasteiger partial charge in [-0.1, -0.05) is 18.2 Å². The first-order valence-electron chi connectivity index (χ1n) is 9.85. The zero-order valence-electron chi connectivity index (χ0n) is 17.6. The van der Waals surface area contributed by atoms with Crippen LogP contribution in [0.4, 0.5) is 5.69 Å². The molecule has 0 radical (unpaired) electrons. The summed E-state index contributed by atoms with van der Waals surface area (Å²) in [6, 6.07) is 14.3. The minimum Gasteiger partial charge on any atom is -0.487 e. The first-order valence-corrected chi connectivity index (χ1v) is 10.7. The van der Waals surface area contributed by atoms with E-state index in [2.05, 4.69) is 4.98 Å². The van der Waals surface area contributed by atoms with Gasteiger partial charge in [0.1, 0.15) is 18.1 Å². The predicted octanol–water partition coefficient (Wildman–Crippen LogP) is 3.53. The highest BCUT2D eigenvalue weighted by Gasteiger charge is 2.35. The molecule has 160 valence electrons. The average Bonchev–Trinajstić information content (AvgIpc) is 3.21. The molecule has 1 atom stereocenters. The molecule has 0 spiro atoms. The lowest BCUT2D eigenvalue weighted by Crippen LogP contribution is -2.50. The van der Waals surface area contributed by atoms with E-state index in [-0.39, 0.29) is 18.4 Å². The Morgan fingerprint density at radius 1 is 1.23 bits per heavy atom. The number of carbonyl (C=O) groups excluding carboxylic acids is 2. The van der Waals surface area contributed by atoms with E-state index in [1.54, 1.807) is 54.6 Å². The molecule has 8 heteroatoms. The zero-order valence-corrected chi connectivity index (χ0v) is 18.4. The molecule has 4 rings (SSSR count). The molecule has 2 aromatic carbocycles. The van der Waals surface area contributed by atoms with Crippen molar-refractivity contribution in [2.45, 2.75) is 19.6 Å². The summed E-state index contributed by atoms with van der Waals surface area (Å²) in [7, 11) is 3.34. The smallest absolute Gasteiger partial charge is 0.265 e. The maximum absolute atomic E-state index is 13.4. The Bertz CT molecular complexity index is 1110. The van der Waals surface area contributed by atoms with Crippen molar-refractivity contribution in [2.24, 2.45) is 0 Å². The lowest BCUT2D eigenvalue weighted by molar-refractivity contribution is -0.135. The summed E-state index contributed by atoms with van der Waals surface area (Å²) < 4.78 is 11.7. The molecule has 2 heterocycles. The molecule has 1 aromatic heterocycles. The van der Waals surface area contributed by atoms with E-state index in [1.807, 2.05) is 36.6 Å². The third-order valence-electron chi connectivity index (χ3n) is 4.87. The summed E-state index contributed by atoms with van der Waals surface area (Å²) in [6.07, 6.45) is -0.763. The van der Waals surface area contributed by atoms with Gasteiger partial charge in [-0.25, -0.2) is 4.98 Å². The lowest BCUT2D eigenvalue weighted by Gasteiger charge is -2.35. The van der Waals surface area contributed by atoms with Crippen molar-refractivity contribution < 1.29 is 19.1 Å². The van der Waals surface area contributed by atoms with Crippen LogP contribution in [0.5, 0.6) is 11.5 Å². The van der Waals surface area contributed by atoms with Crippen LogP contribution in [0.2, 0.25) is 0 Å². The van der Waals surface area contributed by atoms with Crippen molar-refractivity contribution in [3.05, 3.63) is 70.2 Å². The largest absolute Gasteiger partial charge is 0.487 e. The van der Waals surface area contributed by atoms with Gasteiger partial charge in [0.15, 0.2) is 6.10 Å². The van der Waals surface area contributed by atoms with E-state index in [4.69, 9.17) is 9.47 Å². The third-order valence-corrected chi connectivity index (χ3v) is 5.69. The number of hydrogen-bond donors (Lipinski definition) is 0. The third kappa shape index (κ3) is 4.54. The number of rotatable bonds is 5. The number of ether oxygens (including phenoxy) is 2. The molecule has 31 heavy (non-hydrogen) atoms. The Morgan fingerprint density at radius 2 is 2.03 bits per heavy atom. The SMILES string of the molecule is Cc1nc(COc2cccc(C(=O)N3C[C@@H](C(=O)N(C)C)Oc4ccccc43)c2)cs1. The van der Waals surface area contributed by atoms with E-state index in [9.17, 15) is 9.59 Å². The molecule has 7 nitrogen and oxygen atoms in total. The van der Waals surface area contributed by atoms with Crippen LogP contribution in [0.15, 0.2) is 53.9 Å². The number of amides is 2. The quantitative estimate of drug-likeness (QED) is 0.611. The summed E-state index contributed by atoms with van der Waals surface area (Å²) in [5.41, 5.74) is 1.96. The Hall–Kier alpha value is -3.39. The van der Waals surface area contributed by atoms with Crippen LogP contribution >= 0.6 is 11.3 Å². The normalized spacial score (nSPS) is 15.1. The highest BCUT2D eigenvalue weighted by molar-refractivity contribution is 7.09. The van der Waals surface area contributed by atoms with Crippen LogP contribution < -0.4 is 14.4 Å². The van der Waals surface area contributed by atoms with E-state index in [1.165, 1.54) is 4.90 Å². The number of thiazole rings is 1. The molecule has 0 unspecified atom stereocenters. The van der Waals surface area contributed by atoms with E-state index in [0.717, 1.165) is 10.7 Å². The molecule has 3 aromatic rings. The van der Waals surface area contributed by atoms with Crippen LogP contribution in [0, 0.1) is 6.92 Å². The number of likely N-dealkylation sites (N-methyl/N-ethyl adjacent to an activating group) is 1. The zero-order chi connectivity index (χ0) is 22.0. The monoisotopic (exact) mass is 437 g/mol. The molecule has 0 bridgehead atoms. The fourth-order valence-corrected chi connectivity index (χ4v) is 3.95. The molecular weight excluding hydrogens is 414 g/mol. The second-order valence-electron chi connectivity index (χ2n) is 7.40. The number of hydrogen-bond acceptors (Lipinski definition) is 6. The molecule has 0 saturated carbocycles. The standard InChI is InChI=1S/C23H23N3O4S/c1-15-24-17(14-31-15)13-29-18-8-6-7-16(11-18)22(27)26-12-21(23(28)25(2)3)30-20-10-5-4-9-19(20)26/h4-11,14,21H,12-13H2,1-3H3/t21-/m0/s1. The van der Waals surface area contributed by atoms with Crippen molar-refractivity contribution in [1.82, 2.24) is 9.88 Å². The van der Waals surface area contributed by atoms with Crippen molar-refractivity contribution in [1.29, 1.82) is 0 Å². The first kappa shape index (κ1) is 20.9. The minimum atomic E-state index is -0.763. The second kappa shape index (κ2) is 8.77. The number of benzene rings is 2. The molecule has 0 aliphatic carbocycles. The van der Waals surface area contributed by atoms with Gasteiger partial charge in [-0.05, 0) is 37.3 Å². The number of anilines is 1. The molecule has 1 aliphatic rings.